The molecule has 0 aliphatic carbocycles. The predicted octanol–water partition coefficient (Wildman–Crippen LogP) is 2.09. The number of nitrogens with zero attached hydrogens (tertiary/aromatic N) is 5. The Balaban J connectivity index is 1.89. The Bertz CT molecular complexity index is 949. The molecule has 0 unspecified atom stereocenters. The Hall–Kier alpha value is -2.22. The van der Waals surface area contributed by atoms with E-state index in [4.69, 9.17) is 0 Å². The lowest BCUT2D eigenvalue weighted by atomic mass is 10.1. The van der Waals surface area contributed by atoms with Crippen LogP contribution in [0.3, 0.4) is 0 Å². The Morgan fingerprint density at radius 3 is 2.48 bits per heavy atom. The summed E-state index contributed by atoms with van der Waals surface area (Å²) in [6.45, 7) is 5.80. The van der Waals surface area contributed by atoms with Gasteiger partial charge in [0.25, 0.3) is 5.56 Å². The molecular formula is C15H15BrN6O. The summed E-state index contributed by atoms with van der Waals surface area (Å²) in [5.41, 5.74) is 3.30. The van der Waals surface area contributed by atoms with Crippen LogP contribution >= 0.6 is 15.9 Å². The van der Waals surface area contributed by atoms with Gasteiger partial charge in [0.1, 0.15) is 0 Å². The summed E-state index contributed by atoms with van der Waals surface area (Å²) < 4.78 is 1.00. The molecule has 3 aromatic rings. The molecule has 1 aromatic carbocycles. The average molecular weight is 375 g/mol. The largest absolute Gasteiger partial charge is 0.342 e. The van der Waals surface area contributed by atoms with E-state index in [0.717, 1.165) is 40.8 Å². The number of fused-ring (bicyclic) bond motifs is 1. The van der Waals surface area contributed by atoms with E-state index in [0.29, 0.717) is 11.6 Å². The third-order valence-electron chi connectivity index (χ3n) is 4.06. The molecule has 1 aliphatic rings. The van der Waals surface area contributed by atoms with Crippen LogP contribution in [-0.4, -0.2) is 38.1 Å². The minimum atomic E-state index is -0.254. The molecule has 0 radical (unpaired) electrons. The van der Waals surface area contributed by atoms with Crippen LogP contribution in [0.5, 0.6) is 0 Å². The van der Waals surface area contributed by atoms with Crippen molar-refractivity contribution >= 4 is 33.0 Å². The van der Waals surface area contributed by atoms with Crippen LogP contribution in [0, 0.1) is 13.8 Å². The fraction of sp³-hybridized carbons (Fsp3) is 0.333. The number of anilines is 1. The number of H-pyrrole nitrogens is 1. The molecule has 0 amide bonds. The molecular weight excluding hydrogens is 360 g/mol. The highest BCUT2D eigenvalue weighted by Crippen LogP contribution is 2.24. The summed E-state index contributed by atoms with van der Waals surface area (Å²) in [5.74, 6) is 0.574. The van der Waals surface area contributed by atoms with Crippen LogP contribution in [0.2, 0.25) is 0 Å². The fourth-order valence-electron chi connectivity index (χ4n) is 2.81. The normalized spacial score (nSPS) is 14.3. The molecule has 0 spiro atoms. The molecule has 3 heterocycles. The van der Waals surface area contributed by atoms with Crippen LogP contribution in [0.25, 0.3) is 16.9 Å². The number of hydrogen-bond acceptors (Lipinski definition) is 5. The second kappa shape index (κ2) is 5.16. The second-order valence-electron chi connectivity index (χ2n) is 5.78. The summed E-state index contributed by atoms with van der Waals surface area (Å²) in [6, 6.07) is 4.00. The maximum Gasteiger partial charge on any atom is 0.282 e. The van der Waals surface area contributed by atoms with Crippen molar-refractivity contribution in [3.8, 4) is 5.69 Å². The van der Waals surface area contributed by atoms with Crippen molar-refractivity contribution in [1.82, 2.24) is 25.0 Å². The van der Waals surface area contributed by atoms with Gasteiger partial charge >= 0.3 is 0 Å². The van der Waals surface area contributed by atoms with E-state index in [1.807, 2.05) is 30.9 Å². The first kappa shape index (κ1) is 14.4. The minimum Gasteiger partial charge on any atom is -0.342 e. The van der Waals surface area contributed by atoms with Gasteiger partial charge in [-0.25, -0.2) is 0 Å². The van der Waals surface area contributed by atoms with E-state index in [1.54, 1.807) is 0 Å². The minimum absolute atomic E-state index is 0.254. The van der Waals surface area contributed by atoms with Crippen LogP contribution in [0.1, 0.15) is 17.5 Å². The molecule has 23 heavy (non-hydrogen) atoms. The van der Waals surface area contributed by atoms with Crippen molar-refractivity contribution in [2.75, 3.05) is 18.0 Å². The third-order valence-corrected chi connectivity index (χ3v) is 4.52. The summed E-state index contributed by atoms with van der Waals surface area (Å²) in [6.07, 6.45) is 1.12. The lowest BCUT2D eigenvalue weighted by molar-refractivity contribution is 0.600. The Labute approximate surface area is 140 Å². The Morgan fingerprint density at radius 1 is 1.17 bits per heavy atom. The lowest BCUT2D eigenvalue weighted by Crippen LogP contribution is -2.39. The standard InChI is InChI=1S/C15H15BrN6O/c1-8-6-10(16)7-9(2)12(8)22-19-11-13(20-22)17-15(18-14(11)23)21-4-3-5-21/h6-7H,3-5H2,1-2H3,(H,17,18,20,23). The van der Waals surface area contributed by atoms with E-state index in [2.05, 4.69) is 36.1 Å². The van der Waals surface area contributed by atoms with E-state index < -0.39 is 0 Å². The van der Waals surface area contributed by atoms with Crippen molar-refractivity contribution in [3.63, 3.8) is 0 Å². The van der Waals surface area contributed by atoms with E-state index in [9.17, 15) is 4.79 Å². The van der Waals surface area contributed by atoms with Gasteiger partial charge in [-0.2, -0.15) is 4.98 Å². The van der Waals surface area contributed by atoms with Gasteiger partial charge in [-0.3, -0.25) is 9.78 Å². The van der Waals surface area contributed by atoms with Gasteiger partial charge in [0.15, 0.2) is 5.52 Å². The van der Waals surface area contributed by atoms with Crippen molar-refractivity contribution in [2.24, 2.45) is 0 Å². The molecule has 0 bridgehead atoms. The molecule has 0 atom stereocenters. The Kier molecular flexibility index (Phi) is 3.22. The second-order valence-corrected chi connectivity index (χ2v) is 6.70. The van der Waals surface area contributed by atoms with Crippen molar-refractivity contribution in [2.45, 2.75) is 20.3 Å². The Morgan fingerprint density at radius 2 is 1.87 bits per heavy atom. The highest BCUT2D eigenvalue weighted by molar-refractivity contribution is 9.10. The number of benzene rings is 1. The molecule has 1 aliphatic heterocycles. The van der Waals surface area contributed by atoms with Crippen molar-refractivity contribution < 1.29 is 0 Å². The van der Waals surface area contributed by atoms with Gasteiger partial charge in [0, 0.05) is 17.6 Å². The van der Waals surface area contributed by atoms with Crippen LogP contribution in [0.4, 0.5) is 5.95 Å². The molecule has 118 valence electrons. The third kappa shape index (κ3) is 2.33. The smallest absolute Gasteiger partial charge is 0.282 e. The molecule has 1 saturated heterocycles. The fourth-order valence-corrected chi connectivity index (χ4v) is 3.49. The monoisotopic (exact) mass is 374 g/mol. The van der Waals surface area contributed by atoms with Crippen LogP contribution in [0.15, 0.2) is 21.4 Å². The summed E-state index contributed by atoms with van der Waals surface area (Å²) in [7, 11) is 0. The highest BCUT2D eigenvalue weighted by atomic mass is 79.9. The van der Waals surface area contributed by atoms with Gasteiger partial charge in [-0.15, -0.1) is 15.0 Å². The zero-order valence-electron chi connectivity index (χ0n) is 12.8. The first-order valence-electron chi connectivity index (χ1n) is 7.42. The molecule has 1 fully saturated rings. The highest BCUT2D eigenvalue weighted by Gasteiger charge is 2.20. The number of halogens is 1. The van der Waals surface area contributed by atoms with Gasteiger partial charge in [-0.1, -0.05) is 15.9 Å². The average Bonchev–Trinajstić information content (AvgIpc) is 2.79. The quantitative estimate of drug-likeness (QED) is 0.742. The SMILES string of the molecule is Cc1cc(Br)cc(C)c1-n1nc2nc(N3CCC3)[nH]c(=O)c2n1. The van der Waals surface area contributed by atoms with Gasteiger partial charge in [-0.05, 0) is 43.5 Å². The molecule has 2 aromatic heterocycles. The summed E-state index contributed by atoms with van der Waals surface area (Å²) in [5, 5.41) is 8.77. The molecule has 7 nitrogen and oxygen atoms in total. The number of aryl methyl sites for hydroxylation is 2. The number of aromatic nitrogens is 5. The summed E-state index contributed by atoms with van der Waals surface area (Å²) >= 11 is 3.48. The molecule has 8 heteroatoms. The molecule has 4 rings (SSSR count). The maximum atomic E-state index is 12.3. The lowest BCUT2D eigenvalue weighted by Gasteiger charge is -2.30. The number of rotatable bonds is 2. The zero-order chi connectivity index (χ0) is 16.1. The predicted molar refractivity (Wildman–Crippen MR) is 91.3 cm³/mol. The maximum absolute atomic E-state index is 12.3. The number of nitrogens with one attached hydrogen (secondary N) is 1. The number of hydrogen-bond donors (Lipinski definition) is 1. The first-order valence-corrected chi connectivity index (χ1v) is 8.21. The molecule has 0 saturated carbocycles. The van der Waals surface area contributed by atoms with E-state index >= 15 is 0 Å². The van der Waals surface area contributed by atoms with Crippen molar-refractivity contribution in [3.05, 3.63) is 38.1 Å². The van der Waals surface area contributed by atoms with Gasteiger partial charge in [0.05, 0.1) is 5.69 Å². The summed E-state index contributed by atoms with van der Waals surface area (Å²) in [4.78, 5) is 23.0. The van der Waals surface area contributed by atoms with Gasteiger partial charge in [0.2, 0.25) is 11.6 Å². The van der Waals surface area contributed by atoms with Crippen molar-refractivity contribution in [1.29, 1.82) is 0 Å². The topological polar surface area (TPSA) is 79.7 Å². The molecule has 1 N–H and O–H groups in total. The first-order chi connectivity index (χ1) is 11.0. The van der Waals surface area contributed by atoms with Crippen LogP contribution in [-0.2, 0) is 0 Å². The van der Waals surface area contributed by atoms with E-state index in [1.165, 1.54) is 4.80 Å². The number of aromatic amines is 1. The van der Waals surface area contributed by atoms with Crippen LogP contribution < -0.4 is 10.5 Å². The zero-order valence-corrected chi connectivity index (χ0v) is 14.4. The van der Waals surface area contributed by atoms with E-state index in [-0.39, 0.29) is 11.1 Å². The van der Waals surface area contributed by atoms with Gasteiger partial charge < -0.3 is 4.90 Å².